The molecule has 0 unspecified atom stereocenters. The maximum absolute atomic E-state index is 10.8. The van der Waals surface area contributed by atoms with E-state index in [1.54, 1.807) is 0 Å². The van der Waals surface area contributed by atoms with Gasteiger partial charge in [0.2, 0.25) is 5.91 Å². The lowest BCUT2D eigenvalue weighted by Gasteiger charge is -2.10. The van der Waals surface area contributed by atoms with Gasteiger partial charge in [-0.05, 0) is 0 Å². The number of rotatable bonds is 2. The van der Waals surface area contributed by atoms with E-state index in [4.69, 9.17) is 10.5 Å². The number of amides is 1. The quantitative estimate of drug-likeness (QED) is 0.485. The summed E-state index contributed by atoms with van der Waals surface area (Å²) in [5.74, 6) is 0.0810. The second-order valence-corrected chi connectivity index (χ2v) is 2.79. The Hall–Kier alpha value is -1.91. The number of benzene rings is 1. The molecule has 0 heterocycles. The van der Waals surface area contributed by atoms with Crippen molar-refractivity contribution in [1.29, 1.82) is 0 Å². The molecule has 0 spiro atoms. The topological polar surface area (TPSA) is 84.6 Å². The molecule has 1 aromatic rings. The standard InChI is InChI=1S/C9H12N2O3/c1-5(12)11-7-4-8(13)6(10)3-9(7)14-2/h3-4,13H,10H2,1-2H3,(H,11,12). The van der Waals surface area contributed by atoms with Crippen molar-refractivity contribution in [2.45, 2.75) is 6.92 Å². The third kappa shape index (κ3) is 2.07. The molecule has 5 nitrogen and oxygen atoms in total. The van der Waals surface area contributed by atoms with Crippen molar-refractivity contribution in [1.82, 2.24) is 0 Å². The van der Waals surface area contributed by atoms with Gasteiger partial charge >= 0.3 is 0 Å². The number of aromatic hydroxyl groups is 1. The molecule has 14 heavy (non-hydrogen) atoms. The highest BCUT2D eigenvalue weighted by atomic mass is 16.5. The van der Waals surface area contributed by atoms with Gasteiger partial charge in [0.15, 0.2) is 0 Å². The minimum atomic E-state index is -0.243. The Morgan fingerprint density at radius 3 is 2.71 bits per heavy atom. The van der Waals surface area contributed by atoms with Crippen molar-refractivity contribution in [3.8, 4) is 11.5 Å². The van der Waals surface area contributed by atoms with Crippen LogP contribution in [-0.2, 0) is 4.79 Å². The Balaban J connectivity index is 3.13. The highest BCUT2D eigenvalue weighted by molar-refractivity contribution is 5.91. The van der Waals surface area contributed by atoms with Gasteiger partial charge in [-0.25, -0.2) is 0 Å². The maximum atomic E-state index is 10.8. The van der Waals surface area contributed by atoms with Crippen LogP contribution in [0.15, 0.2) is 12.1 Å². The number of phenols is 1. The Labute approximate surface area is 81.5 Å². The average molecular weight is 196 g/mol. The molecule has 0 saturated heterocycles. The number of ether oxygens (including phenoxy) is 1. The summed E-state index contributed by atoms with van der Waals surface area (Å²) in [5.41, 5.74) is 6.05. The van der Waals surface area contributed by atoms with Crippen molar-refractivity contribution >= 4 is 17.3 Å². The van der Waals surface area contributed by atoms with Crippen LogP contribution < -0.4 is 15.8 Å². The SMILES string of the molecule is COc1cc(N)c(O)cc1NC(C)=O. The first-order chi connectivity index (χ1) is 6.54. The largest absolute Gasteiger partial charge is 0.506 e. The molecule has 0 bridgehead atoms. The Bertz CT molecular complexity index is 363. The van der Waals surface area contributed by atoms with E-state index >= 15 is 0 Å². The molecule has 76 valence electrons. The lowest BCUT2D eigenvalue weighted by atomic mass is 10.2. The molecule has 0 aliphatic rings. The number of carbonyl (C=O) groups excluding carboxylic acids is 1. The number of methoxy groups -OCH3 is 1. The maximum Gasteiger partial charge on any atom is 0.221 e. The fourth-order valence-electron chi connectivity index (χ4n) is 1.04. The van der Waals surface area contributed by atoms with Crippen molar-refractivity contribution in [2.24, 2.45) is 0 Å². The van der Waals surface area contributed by atoms with Crippen LogP contribution in [0.2, 0.25) is 0 Å². The molecule has 0 aliphatic heterocycles. The normalized spacial score (nSPS) is 9.57. The summed E-state index contributed by atoms with van der Waals surface area (Å²) in [5, 5.41) is 11.8. The third-order valence-corrected chi connectivity index (χ3v) is 1.66. The second kappa shape index (κ2) is 3.87. The van der Waals surface area contributed by atoms with Gasteiger partial charge in [-0.2, -0.15) is 0 Å². The molecule has 4 N–H and O–H groups in total. The van der Waals surface area contributed by atoms with Crippen LogP contribution in [0.4, 0.5) is 11.4 Å². The first kappa shape index (κ1) is 10.2. The van der Waals surface area contributed by atoms with Crippen LogP contribution in [0.3, 0.4) is 0 Å². The second-order valence-electron chi connectivity index (χ2n) is 2.79. The zero-order chi connectivity index (χ0) is 10.7. The van der Waals surface area contributed by atoms with E-state index in [0.717, 1.165) is 0 Å². The number of hydrogen-bond acceptors (Lipinski definition) is 4. The Morgan fingerprint density at radius 2 is 2.21 bits per heavy atom. The van der Waals surface area contributed by atoms with Crippen LogP contribution in [-0.4, -0.2) is 18.1 Å². The predicted octanol–water partition coefficient (Wildman–Crippen LogP) is 0.941. The van der Waals surface area contributed by atoms with Crippen LogP contribution in [0.25, 0.3) is 0 Å². The molecule has 0 saturated carbocycles. The van der Waals surface area contributed by atoms with Gasteiger partial charge in [-0.3, -0.25) is 4.79 Å². The van der Waals surface area contributed by atoms with Gasteiger partial charge in [-0.15, -0.1) is 0 Å². The minimum Gasteiger partial charge on any atom is -0.506 e. The molecule has 0 aromatic heterocycles. The van der Waals surface area contributed by atoms with E-state index in [1.165, 1.54) is 26.2 Å². The summed E-state index contributed by atoms with van der Waals surface area (Å²) in [7, 11) is 1.46. The van der Waals surface area contributed by atoms with E-state index in [0.29, 0.717) is 11.4 Å². The molecule has 1 aromatic carbocycles. The first-order valence-corrected chi connectivity index (χ1v) is 3.98. The highest BCUT2D eigenvalue weighted by Crippen LogP contribution is 2.33. The van der Waals surface area contributed by atoms with Gasteiger partial charge < -0.3 is 20.9 Å². The summed E-state index contributed by atoms with van der Waals surface area (Å²) >= 11 is 0. The van der Waals surface area contributed by atoms with Gasteiger partial charge in [0.05, 0.1) is 18.5 Å². The van der Waals surface area contributed by atoms with Crippen molar-refractivity contribution in [3.63, 3.8) is 0 Å². The monoisotopic (exact) mass is 196 g/mol. The van der Waals surface area contributed by atoms with Gasteiger partial charge in [-0.1, -0.05) is 0 Å². The van der Waals surface area contributed by atoms with Crippen molar-refractivity contribution in [2.75, 3.05) is 18.2 Å². The van der Waals surface area contributed by atoms with Crippen LogP contribution >= 0.6 is 0 Å². The summed E-state index contributed by atoms with van der Waals surface area (Å²) in [6.07, 6.45) is 0. The number of carbonyl (C=O) groups is 1. The zero-order valence-corrected chi connectivity index (χ0v) is 8.00. The highest BCUT2D eigenvalue weighted by Gasteiger charge is 2.08. The number of hydrogen-bond donors (Lipinski definition) is 3. The molecule has 0 radical (unpaired) electrons. The van der Waals surface area contributed by atoms with E-state index in [-0.39, 0.29) is 17.3 Å². The number of phenolic OH excluding ortho intramolecular Hbond substituents is 1. The summed E-state index contributed by atoms with van der Waals surface area (Å²) in [6, 6.07) is 2.79. The Kier molecular flexibility index (Phi) is 2.81. The number of nitrogens with two attached hydrogens (primary N) is 1. The summed E-state index contributed by atoms with van der Waals surface area (Å²) in [4.78, 5) is 10.8. The average Bonchev–Trinajstić information content (AvgIpc) is 2.10. The smallest absolute Gasteiger partial charge is 0.221 e. The van der Waals surface area contributed by atoms with E-state index in [9.17, 15) is 9.90 Å². The first-order valence-electron chi connectivity index (χ1n) is 3.98. The number of nitrogen functional groups attached to an aromatic ring is 1. The minimum absolute atomic E-state index is 0.0884. The molecule has 1 amide bonds. The fraction of sp³-hybridized carbons (Fsp3) is 0.222. The third-order valence-electron chi connectivity index (χ3n) is 1.66. The van der Waals surface area contributed by atoms with Crippen molar-refractivity contribution in [3.05, 3.63) is 12.1 Å². The lowest BCUT2D eigenvalue weighted by Crippen LogP contribution is -2.07. The van der Waals surface area contributed by atoms with E-state index in [2.05, 4.69) is 5.32 Å². The van der Waals surface area contributed by atoms with Crippen LogP contribution in [0, 0.1) is 0 Å². The molecule has 5 heteroatoms. The van der Waals surface area contributed by atoms with E-state index < -0.39 is 0 Å². The zero-order valence-electron chi connectivity index (χ0n) is 8.00. The molecule has 1 rings (SSSR count). The van der Waals surface area contributed by atoms with Crippen LogP contribution in [0.1, 0.15) is 6.92 Å². The molecule has 0 atom stereocenters. The molecular weight excluding hydrogens is 184 g/mol. The number of nitrogens with one attached hydrogen (secondary N) is 1. The van der Waals surface area contributed by atoms with E-state index in [1.807, 2.05) is 0 Å². The summed E-state index contributed by atoms with van der Waals surface area (Å²) < 4.78 is 4.98. The molecule has 0 fully saturated rings. The van der Waals surface area contributed by atoms with Crippen molar-refractivity contribution < 1.29 is 14.6 Å². The predicted molar refractivity (Wildman–Crippen MR) is 53.4 cm³/mol. The Morgan fingerprint density at radius 1 is 1.57 bits per heavy atom. The lowest BCUT2D eigenvalue weighted by molar-refractivity contribution is -0.114. The van der Waals surface area contributed by atoms with Gasteiger partial charge in [0.1, 0.15) is 11.5 Å². The number of anilines is 2. The van der Waals surface area contributed by atoms with Crippen LogP contribution in [0.5, 0.6) is 11.5 Å². The van der Waals surface area contributed by atoms with Gasteiger partial charge in [0.25, 0.3) is 0 Å². The van der Waals surface area contributed by atoms with Gasteiger partial charge in [0, 0.05) is 19.1 Å². The fourth-order valence-corrected chi connectivity index (χ4v) is 1.04. The molecule has 0 aliphatic carbocycles. The summed E-state index contributed by atoms with van der Waals surface area (Å²) in [6.45, 7) is 1.37. The molecular formula is C9H12N2O3.